The summed E-state index contributed by atoms with van der Waals surface area (Å²) in [6.45, 7) is 10.2. The quantitative estimate of drug-likeness (QED) is 0.396. The van der Waals surface area contributed by atoms with E-state index in [2.05, 4.69) is 15.4 Å². The number of anilines is 2. The Kier molecular flexibility index (Phi) is 11.3. The molecule has 3 rings (SSSR count). The fourth-order valence-corrected chi connectivity index (χ4v) is 2.69. The summed E-state index contributed by atoms with van der Waals surface area (Å²) in [6, 6.07) is 3.24. The predicted molar refractivity (Wildman–Crippen MR) is 119 cm³/mol. The molecule has 0 aliphatic carbocycles. The first-order chi connectivity index (χ1) is 15.8. The van der Waals surface area contributed by atoms with Crippen LogP contribution < -0.4 is 10.9 Å². The Labute approximate surface area is 190 Å². The molecule has 0 unspecified atom stereocenters. The molecule has 0 saturated heterocycles. The number of halogens is 4. The van der Waals surface area contributed by atoms with Gasteiger partial charge in [0.05, 0.1) is 25.4 Å². The molecule has 0 radical (unpaired) electrons. The molecule has 11 heteroatoms. The topological polar surface area (TPSA) is 74.0 Å². The maximum atomic E-state index is 13.8. The summed E-state index contributed by atoms with van der Waals surface area (Å²) < 4.78 is 61.7. The van der Waals surface area contributed by atoms with E-state index < -0.39 is 28.8 Å². The van der Waals surface area contributed by atoms with Gasteiger partial charge in [0.25, 0.3) is 0 Å². The molecule has 2 heterocycles. The molecule has 0 aliphatic rings. The van der Waals surface area contributed by atoms with E-state index in [1.165, 1.54) is 7.11 Å². The van der Waals surface area contributed by atoms with Crippen molar-refractivity contribution in [3.8, 4) is 0 Å². The lowest BCUT2D eigenvalue weighted by molar-refractivity contribution is 0.184. The van der Waals surface area contributed by atoms with E-state index in [-0.39, 0.29) is 18.1 Å². The molecule has 0 bridgehead atoms. The first kappa shape index (κ1) is 27.8. The average molecular weight is 471 g/mol. The van der Waals surface area contributed by atoms with Crippen LogP contribution in [-0.4, -0.2) is 33.0 Å². The van der Waals surface area contributed by atoms with Gasteiger partial charge in [-0.05, 0) is 24.6 Å². The highest BCUT2D eigenvalue weighted by Gasteiger charge is 2.15. The molecule has 1 N–H and O–H groups in total. The van der Waals surface area contributed by atoms with Gasteiger partial charge in [0.1, 0.15) is 5.82 Å². The van der Waals surface area contributed by atoms with Gasteiger partial charge in [-0.15, -0.1) is 0 Å². The largest absolute Gasteiger partial charge is 0.383 e. The van der Waals surface area contributed by atoms with Gasteiger partial charge in [-0.2, -0.15) is 14.5 Å². The van der Waals surface area contributed by atoms with Gasteiger partial charge in [0, 0.05) is 19.4 Å². The van der Waals surface area contributed by atoms with Crippen LogP contribution in [0.15, 0.2) is 29.2 Å². The van der Waals surface area contributed by atoms with E-state index in [4.69, 9.17) is 4.74 Å². The fourth-order valence-electron chi connectivity index (χ4n) is 2.69. The third kappa shape index (κ3) is 7.41. The Morgan fingerprint density at radius 1 is 1.00 bits per heavy atom. The van der Waals surface area contributed by atoms with Crippen LogP contribution in [0.25, 0.3) is 0 Å². The SMILES string of the molecule is CC.CC.COCCn1nc(C)cc1Nc1nc(=O)c(F)cn1Cc1cc(F)c(F)c(F)c1. The highest BCUT2D eigenvalue weighted by atomic mass is 19.2. The standard InChI is InChI=1S/C18H17F4N5O2.2C2H6/c1-10-5-15(27(25-10)3-4-29-2)23-18-24-17(28)14(21)9-26(18)8-11-6-12(19)16(22)13(20)7-11;2*1-2/h5-7,9H,3-4,8H2,1-2H3,(H,23,24,28);2*1-2H3. The molecule has 0 amide bonds. The molecule has 0 spiro atoms. The van der Waals surface area contributed by atoms with Crippen LogP contribution >= 0.6 is 0 Å². The summed E-state index contributed by atoms with van der Waals surface area (Å²) in [5, 5.41) is 7.14. The van der Waals surface area contributed by atoms with Crippen LogP contribution in [0, 0.1) is 30.2 Å². The molecular formula is C22H29F4N5O2. The molecule has 2 aromatic heterocycles. The molecular weight excluding hydrogens is 442 g/mol. The van der Waals surface area contributed by atoms with Gasteiger partial charge in [-0.25, -0.2) is 17.9 Å². The van der Waals surface area contributed by atoms with Gasteiger partial charge in [-0.1, -0.05) is 27.7 Å². The zero-order valence-electron chi connectivity index (χ0n) is 19.5. The third-order valence-electron chi connectivity index (χ3n) is 4.00. The van der Waals surface area contributed by atoms with Gasteiger partial charge in [-0.3, -0.25) is 4.79 Å². The number of methoxy groups -OCH3 is 1. The van der Waals surface area contributed by atoms with Gasteiger partial charge in [0.2, 0.25) is 11.8 Å². The van der Waals surface area contributed by atoms with Crippen LogP contribution in [0.4, 0.5) is 29.3 Å². The molecule has 7 nitrogen and oxygen atoms in total. The summed E-state index contributed by atoms with van der Waals surface area (Å²) in [5.41, 5.74) is -0.430. The van der Waals surface area contributed by atoms with E-state index in [0.29, 0.717) is 24.7 Å². The summed E-state index contributed by atoms with van der Waals surface area (Å²) in [7, 11) is 1.53. The first-order valence-electron chi connectivity index (χ1n) is 10.5. The van der Waals surface area contributed by atoms with E-state index in [0.717, 1.165) is 22.9 Å². The molecule has 0 saturated carbocycles. The maximum absolute atomic E-state index is 13.8. The Hall–Kier alpha value is -3.21. The van der Waals surface area contributed by atoms with E-state index in [1.807, 2.05) is 27.7 Å². The summed E-state index contributed by atoms with van der Waals surface area (Å²) in [4.78, 5) is 15.3. The van der Waals surface area contributed by atoms with Crippen molar-refractivity contribution >= 4 is 11.8 Å². The van der Waals surface area contributed by atoms with Crippen molar-refractivity contribution in [3.63, 3.8) is 0 Å². The van der Waals surface area contributed by atoms with Crippen LogP contribution in [0.1, 0.15) is 39.0 Å². The second-order valence-electron chi connectivity index (χ2n) is 6.23. The minimum atomic E-state index is -1.60. The highest BCUT2D eigenvalue weighted by Crippen LogP contribution is 2.19. The number of hydrogen-bond acceptors (Lipinski definition) is 5. The second-order valence-corrected chi connectivity index (χ2v) is 6.23. The first-order valence-corrected chi connectivity index (χ1v) is 10.5. The Balaban J connectivity index is 0.00000129. The second kappa shape index (κ2) is 13.4. The highest BCUT2D eigenvalue weighted by molar-refractivity contribution is 5.49. The fraction of sp³-hybridized carbons (Fsp3) is 0.409. The number of benzene rings is 1. The van der Waals surface area contributed by atoms with Crippen LogP contribution in [0.2, 0.25) is 0 Å². The van der Waals surface area contributed by atoms with Crippen molar-refractivity contribution < 1.29 is 22.3 Å². The summed E-state index contributed by atoms with van der Waals surface area (Å²) in [5.74, 6) is -5.14. The molecule has 0 fully saturated rings. The Morgan fingerprint density at radius 3 is 2.18 bits per heavy atom. The maximum Gasteiger partial charge on any atom is 0.310 e. The minimum Gasteiger partial charge on any atom is -0.383 e. The Morgan fingerprint density at radius 2 is 1.61 bits per heavy atom. The molecule has 3 aromatic rings. The number of nitrogens with one attached hydrogen (secondary N) is 1. The Bertz CT molecular complexity index is 1080. The van der Waals surface area contributed by atoms with E-state index in [1.54, 1.807) is 17.7 Å². The normalized spacial score (nSPS) is 10.1. The lowest BCUT2D eigenvalue weighted by atomic mass is 10.2. The van der Waals surface area contributed by atoms with Crippen molar-refractivity contribution in [1.82, 2.24) is 19.3 Å². The monoisotopic (exact) mass is 471 g/mol. The lowest BCUT2D eigenvalue weighted by Gasteiger charge is -2.15. The van der Waals surface area contributed by atoms with Crippen molar-refractivity contribution in [2.24, 2.45) is 0 Å². The summed E-state index contributed by atoms with van der Waals surface area (Å²) >= 11 is 0. The number of nitrogens with zero attached hydrogens (tertiary/aromatic N) is 4. The third-order valence-corrected chi connectivity index (χ3v) is 4.00. The van der Waals surface area contributed by atoms with Crippen molar-refractivity contribution in [2.75, 3.05) is 19.0 Å². The predicted octanol–water partition coefficient (Wildman–Crippen LogP) is 4.80. The smallest absolute Gasteiger partial charge is 0.310 e. The van der Waals surface area contributed by atoms with Gasteiger partial charge in [0.15, 0.2) is 17.5 Å². The molecule has 33 heavy (non-hydrogen) atoms. The van der Waals surface area contributed by atoms with Crippen LogP contribution in [0.5, 0.6) is 0 Å². The number of rotatable bonds is 7. The molecule has 182 valence electrons. The van der Waals surface area contributed by atoms with E-state index in [9.17, 15) is 22.4 Å². The summed E-state index contributed by atoms with van der Waals surface area (Å²) in [6.07, 6.45) is 0.847. The van der Waals surface area contributed by atoms with Gasteiger partial charge < -0.3 is 14.6 Å². The molecule has 1 aromatic carbocycles. The number of aryl methyl sites for hydroxylation is 1. The van der Waals surface area contributed by atoms with E-state index >= 15 is 0 Å². The molecule has 0 aliphatic heterocycles. The zero-order valence-corrected chi connectivity index (χ0v) is 19.5. The number of ether oxygens (including phenoxy) is 1. The zero-order chi connectivity index (χ0) is 25.1. The van der Waals surface area contributed by atoms with Crippen LogP contribution in [0.3, 0.4) is 0 Å². The average Bonchev–Trinajstić information content (AvgIpc) is 3.15. The number of aromatic nitrogens is 4. The van der Waals surface area contributed by atoms with Crippen molar-refractivity contribution in [3.05, 3.63) is 69.3 Å². The minimum absolute atomic E-state index is 0.0124. The number of hydrogen-bond donors (Lipinski definition) is 1. The molecule has 0 atom stereocenters. The lowest BCUT2D eigenvalue weighted by Crippen LogP contribution is -2.21. The van der Waals surface area contributed by atoms with Crippen molar-refractivity contribution in [2.45, 2.75) is 47.7 Å². The van der Waals surface area contributed by atoms with Crippen LogP contribution in [-0.2, 0) is 17.8 Å². The van der Waals surface area contributed by atoms with Crippen molar-refractivity contribution in [1.29, 1.82) is 0 Å². The van der Waals surface area contributed by atoms with Gasteiger partial charge >= 0.3 is 5.56 Å².